The summed E-state index contributed by atoms with van der Waals surface area (Å²) in [6, 6.07) is 16.5. The lowest BCUT2D eigenvalue weighted by Gasteiger charge is -2.32. The average Bonchev–Trinajstić information content (AvgIpc) is 2.73. The minimum atomic E-state index is -4.05. The monoisotopic (exact) mass is 425 g/mol. The number of carbonyl (C=O) groups excluding carboxylic acids is 2. The summed E-state index contributed by atoms with van der Waals surface area (Å²) in [4.78, 5) is 40.1. The molecule has 0 unspecified atom stereocenters. The van der Waals surface area contributed by atoms with E-state index in [0.717, 1.165) is 14.8 Å². The van der Waals surface area contributed by atoms with Crippen LogP contribution >= 0.6 is 0 Å². The number of sulfonamides is 1. The quantitative estimate of drug-likeness (QED) is 0.617. The number of H-pyrrole nitrogens is 1. The highest BCUT2D eigenvalue weighted by molar-refractivity contribution is 7.89. The van der Waals surface area contributed by atoms with Gasteiger partial charge in [-0.05, 0) is 41.6 Å². The standard InChI is InChI=1S/C21H19N3O5S/c25-19-9-6-16-12-17(7-8-18(16)22-19)30(28,29)23-13-20(26)24(21(27)14-23)11-10-15-4-2-1-3-5-15/h1-9,12H,10-11,13-14H2,(H,22,25). The Balaban J connectivity index is 1.52. The Morgan fingerprint density at radius 3 is 2.27 bits per heavy atom. The number of benzene rings is 2. The van der Waals surface area contributed by atoms with Crippen LogP contribution < -0.4 is 5.56 Å². The second-order valence-corrected chi connectivity index (χ2v) is 8.96. The molecular weight excluding hydrogens is 406 g/mol. The summed E-state index contributed by atoms with van der Waals surface area (Å²) in [7, 11) is -4.05. The van der Waals surface area contributed by atoms with Crippen molar-refractivity contribution < 1.29 is 18.0 Å². The molecule has 1 aromatic heterocycles. The Morgan fingerprint density at radius 2 is 1.57 bits per heavy atom. The number of rotatable bonds is 5. The van der Waals surface area contributed by atoms with E-state index in [1.165, 1.54) is 30.3 Å². The molecule has 8 nitrogen and oxygen atoms in total. The van der Waals surface area contributed by atoms with Gasteiger partial charge < -0.3 is 4.98 Å². The molecule has 1 aliphatic heterocycles. The fourth-order valence-electron chi connectivity index (χ4n) is 3.41. The van der Waals surface area contributed by atoms with E-state index in [0.29, 0.717) is 17.3 Å². The van der Waals surface area contributed by atoms with Gasteiger partial charge in [-0.15, -0.1) is 0 Å². The fraction of sp³-hybridized carbons (Fsp3) is 0.190. The van der Waals surface area contributed by atoms with Crippen LogP contribution in [0.3, 0.4) is 0 Å². The summed E-state index contributed by atoms with van der Waals surface area (Å²) in [6.45, 7) is -0.585. The summed E-state index contributed by atoms with van der Waals surface area (Å²) in [5.74, 6) is -1.09. The number of hydrogen-bond acceptors (Lipinski definition) is 5. The first-order valence-corrected chi connectivity index (χ1v) is 10.8. The van der Waals surface area contributed by atoms with Crippen LogP contribution in [0.5, 0.6) is 0 Å². The Labute approximate surface area is 172 Å². The molecule has 30 heavy (non-hydrogen) atoms. The van der Waals surface area contributed by atoms with Crippen molar-refractivity contribution in [1.29, 1.82) is 0 Å². The van der Waals surface area contributed by atoms with Gasteiger partial charge in [0.1, 0.15) is 0 Å². The van der Waals surface area contributed by atoms with Crippen molar-refractivity contribution in [3.8, 4) is 0 Å². The van der Waals surface area contributed by atoms with E-state index in [-0.39, 0.29) is 17.0 Å². The summed E-state index contributed by atoms with van der Waals surface area (Å²) in [6.07, 6.45) is 0.508. The molecule has 0 spiro atoms. The van der Waals surface area contributed by atoms with Crippen molar-refractivity contribution in [1.82, 2.24) is 14.2 Å². The molecule has 0 atom stereocenters. The van der Waals surface area contributed by atoms with Crippen LogP contribution in [-0.4, -0.2) is 54.1 Å². The van der Waals surface area contributed by atoms with Gasteiger partial charge in [-0.2, -0.15) is 4.31 Å². The van der Waals surface area contributed by atoms with Gasteiger partial charge >= 0.3 is 0 Å². The number of nitrogens with zero attached hydrogens (tertiary/aromatic N) is 2. The molecule has 4 rings (SSSR count). The van der Waals surface area contributed by atoms with Gasteiger partial charge in [0.25, 0.3) is 0 Å². The molecule has 1 fully saturated rings. The number of aromatic amines is 1. The van der Waals surface area contributed by atoms with Gasteiger partial charge in [0, 0.05) is 18.1 Å². The van der Waals surface area contributed by atoms with E-state index < -0.39 is 34.9 Å². The maximum absolute atomic E-state index is 13.0. The zero-order chi connectivity index (χ0) is 21.3. The third kappa shape index (κ3) is 3.89. The molecule has 9 heteroatoms. The third-order valence-electron chi connectivity index (χ3n) is 5.03. The normalized spacial score (nSPS) is 15.7. The lowest BCUT2D eigenvalue weighted by Crippen LogP contribution is -2.55. The number of fused-ring (bicyclic) bond motifs is 1. The van der Waals surface area contributed by atoms with Crippen LogP contribution in [0.4, 0.5) is 0 Å². The minimum Gasteiger partial charge on any atom is -0.322 e. The molecule has 2 heterocycles. The van der Waals surface area contributed by atoms with E-state index in [9.17, 15) is 22.8 Å². The highest BCUT2D eigenvalue weighted by Crippen LogP contribution is 2.22. The number of carbonyl (C=O) groups is 2. The van der Waals surface area contributed by atoms with Gasteiger partial charge in [-0.25, -0.2) is 8.42 Å². The molecular formula is C21H19N3O5S. The number of imide groups is 1. The minimum absolute atomic E-state index is 0.0413. The SMILES string of the molecule is O=C1CN(S(=O)(=O)c2ccc3[nH]c(=O)ccc3c2)CC(=O)N1CCc1ccccc1. The summed E-state index contributed by atoms with van der Waals surface area (Å²) in [5, 5.41) is 0.537. The predicted octanol–water partition coefficient (Wildman–Crippen LogP) is 1.13. The Kier molecular flexibility index (Phi) is 5.23. The molecule has 2 aromatic carbocycles. The molecule has 0 radical (unpaired) electrons. The molecule has 1 aliphatic rings. The molecule has 2 amide bonds. The third-order valence-corrected chi connectivity index (χ3v) is 6.81. The lowest BCUT2D eigenvalue weighted by molar-refractivity contribution is -0.149. The zero-order valence-electron chi connectivity index (χ0n) is 15.9. The van der Waals surface area contributed by atoms with Crippen LogP contribution in [-0.2, 0) is 26.0 Å². The van der Waals surface area contributed by atoms with Crippen LogP contribution in [0.2, 0.25) is 0 Å². The molecule has 154 valence electrons. The van der Waals surface area contributed by atoms with Crippen molar-refractivity contribution in [3.63, 3.8) is 0 Å². The Morgan fingerprint density at radius 1 is 0.867 bits per heavy atom. The largest absolute Gasteiger partial charge is 0.322 e. The zero-order valence-corrected chi connectivity index (χ0v) is 16.8. The van der Waals surface area contributed by atoms with Crippen molar-refractivity contribution >= 4 is 32.7 Å². The fourth-order valence-corrected chi connectivity index (χ4v) is 4.79. The lowest BCUT2D eigenvalue weighted by atomic mass is 10.1. The van der Waals surface area contributed by atoms with E-state index in [1.807, 2.05) is 30.3 Å². The summed E-state index contributed by atoms with van der Waals surface area (Å²) < 4.78 is 26.9. The van der Waals surface area contributed by atoms with Gasteiger partial charge in [-0.3, -0.25) is 19.3 Å². The van der Waals surface area contributed by atoms with Gasteiger partial charge in [0.15, 0.2) is 0 Å². The highest BCUT2D eigenvalue weighted by Gasteiger charge is 2.37. The molecule has 1 N–H and O–H groups in total. The maximum atomic E-state index is 13.0. The first-order chi connectivity index (χ1) is 14.3. The van der Waals surface area contributed by atoms with Crippen molar-refractivity contribution in [2.75, 3.05) is 19.6 Å². The average molecular weight is 425 g/mol. The van der Waals surface area contributed by atoms with E-state index in [4.69, 9.17) is 0 Å². The summed E-state index contributed by atoms with van der Waals surface area (Å²) >= 11 is 0. The van der Waals surface area contributed by atoms with Crippen LogP contribution in [0, 0.1) is 0 Å². The summed E-state index contributed by atoms with van der Waals surface area (Å²) in [5.41, 5.74) is 1.20. The van der Waals surface area contributed by atoms with Gasteiger partial charge in [0.05, 0.1) is 18.0 Å². The van der Waals surface area contributed by atoms with E-state index in [1.54, 1.807) is 0 Å². The van der Waals surface area contributed by atoms with Gasteiger partial charge in [-0.1, -0.05) is 30.3 Å². The number of hydrogen-bond donors (Lipinski definition) is 1. The second-order valence-electron chi connectivity index (χ2n) is 7.02. The number of nitrogens with one attached hydrogen (secondary N) is 1. The molecule has 0 aliphatic carbocycles. The van der Waals surface area contributed by atoms with Crippen molar-refractivity contribution in [2.45, 2.75) is 11.3 Å². The number of aromatic nitrogens is 1. The second kappa shape index (κ2) is 7.85. The molecule has 0 bridgehead atoms. The smallest absolute Gasteiger partial charge is 0.248 e. The molecule has 3 aromatic rings. The van der Waals surface area contributed by atoms with Crippen molar-refractivity contribution in [2.24, 2.45) is 0 Å². The topological polar surface area (TPSA) is 108 Å². The number of pyridine rings is 1. The molecule has 1 saturated heterocycles. The maximum Gasteiger partial charge on any atom is 0.248 e. The number of amides is 2. The Bertz CT molecular complexity index is 1270. The first kappa shape index (κ1) is 20.0. The first-order valence-electron chi connectivity index (χ1n) is 9.35. The van der Waals surface area contributed by atoms with Gasteiger partial charge in [0.2, 0.25) is 27.4 Å². The predicted molar refractivity (Wildman–Crippen MR) is 110 cm³/mol. The number of piperazine rings is 1. The van der Waals surface area contributed by atoms with Crippen LogP contribution in [0.15, 0.2) is 70.4 Å². The molecule has 0 saturated carbocycles. The van der Waals surface area contributed by atoms with Crippen molar-refractivity contribution in [3.05, 3.63) is 76.6 Å². The Hall–Kier alpha value is -3.30. The highest BCUT2D eigenvalue weighted by atomic mass is 32.2. The van der Waals surface area contributed by atoms with Crippen LogP contribution in [0.25, 0.3) is 10.9 Å². The van der Waals surface area contributed by atoms with Crippen LogP contribution in [0.1, 0.15) is 5.56 Å². The van der Waals surface area contributed by atoms with E-state index >= 15 is 0 Å². The van der Waals surface area contributed by atoms with E-state index in [2.05, 4.69) is 4.98 Å².